The minimum atomic E-state index is -4.35. The highest BCUT2D eigenvalue weighted by Gasteiger charge is 2.35. The molecule has 2 saturated heterocycles. The third-order valence-electron chi connectivity index (χ3n) is 7.18. The molecule has 0 radical (unpaired) electrons. The van der Waals surface area contributed by atoms with Gasteiger partial charge >= 0.3 is 6.18 Å². The second kappa shape index (κ2) is 9.49. The summed E-state index contributed by atoms with van der Waals surface area (Å²) in [7, 11) is 0. The molecule has 0 saturated carbocycles. The van der Waals surface area contributed by atoms with Crippen LogP contribution in [-0.4, -0.2) is 66.3 Å². The van der Waals surface area contributed by atoms with E-state index in [1.165, 1.54) is 36.7 Å². The Hall–Kier alpha value is -1.74. The molecule has 0 bridgehead atoms. The summed E-state index contributed by atoms with van der Waals surface area (Å²) in [6.07, 6.45) is -0.0456. The number of benzene rings is 2. The van der Waals surface area contributed by atoms with Crippen LogP contribution < -0.4 is 4.90 Å². The Morgan fingerprint density at radius 2 is 1.79 bits per heavy atom. The molecule has 2 aromatic rings. The van der Waals surface area contributed by atoms with Crippen molar-refractivity contribution in [3.63, 3.8) is 0 Å². The molecule has 0 amide bonds. The van der Waals surface area contributed by atoms with Gasteiger partial charge in [-0.25, -0.2) is 0 Å². The molecular weight excluding hydrogens is 447 g/mol. The van der Waals surface area contributed by atoms with Gasteiger partial charge in [0.2, 0.25) is 0 Å². The summed E-state index contributed by atoms with van der Waals surface area (Å²) in [4.78, 5) is 8.98. The summed E-state index contributed by atoms with van der Waals surface area (Å²) < 4.78 is 40.2. The number of hydrogen-bond acceptors (Lipinski definition) is 5. The second-order valence-electron chi connectivity index (χ2n) is 9.21. The van der Waals surface area contributed by atoms with Crippen molar-refractivity contribution >= 4 is 23.1 Å². The average Bonchev–Trinajstić information content (AvgIpc) is 2.82. The number of para-hydroxylation sites is 1. The SMILES string of the molecule is OCC1CCCC2CN(CCCN3c4ccccc4Sc4ccc(C(F)(F)F)cc43)CCN12. The number of piperidine rings is 1. The van der Waals surface area contributed by atoms with Crippen molar-refractivity contribution < 1.29 is 18.3 Å². The molecule has 178 valence electrons. The van der Waals surface area contributed by atoms with Crippen LogP contribution in [0.2, 0.25) is 0 Å². The zero-order valence-electron chi connectivity index (χ0n) is 18.6. The molecule has 1 N–H and O–H groups in total. The largest absolute Gasteiger partial charge is 0.416 e. The van der Waals surface area contributed by atoms with Crippen molar-refractivity contribution in [2.75, 3.05) is 44.2 Å². The van der Waals surface area contributed by atoms with Crippen molar-refractivity contribution in [1.82, 2.24) is 9.80 Å². The fourth-order valence-electron chi connectivity index (χ4n) is 5.52. The predicted octanol–water partition coefficient (Wildman–Crippen LogP) is 5.23. The van der Waals surface area contributed by atoms with Gasteiger partial charge in [0.05, 0.1) is 23.5 Å². The number of nitrogens with zero attached hydrogens (tertiary/aromatic N) is 3. The third-order valence-corrected chi connectivity index (χ3v) is 8.31. The minimum absolute atomic E-state index is 0.238. The Balaban J connectivity index is 1.29. The van der Waals surface area contributed by atoms with Gasteiger partial charge in [0, 0.05) is 48.1 Å². The normalized spacial score (nSPS) is 23.7. The lowest BCUT2D eigenvalue weighted by Crippen LogP contribution is -2.59. The molecule has 4 nitrogen and oxygen atoms in total. The van der Waals surface area contributed by atoms with Crippen LogP contribution in [0.25, 0.3) is 0 Å². The van der Waals surface area contributed by atoms with Crippen molar-refractivity contribution in [3.05, 3.63) is 48.0 Å². The second-order valence-corrected chi connectivity index (χ2v) is 10.3. The van der Waals surface area contributed by atoms with Gasteiger partial charge in [-0.05, 0) is 56.1 Å². The molecule has 5 rings (SSSR count). The van der Waals surface area contributed by atoms with Crippen LogP contribution in [-0.2, 0) is 6.18 Å². The number of halogens is 3. The van der Waals surface area contributed by atoms with Crippen LogP contribution in [0.1, 0.15) is 31.2 Å². The van der Waals surface area contributed by atoms with Crippen molar-refractivity contribution in [1.29, 1.82) is 0 Å². The molecule has 0 aliphatic carbocycles. The fourth-order valence-corrected chi connectivity index (χ4v) is 6.60. The summed E-state index contributed by atoms with van der Waals surface area (Å²) in [6, 6.07) is 12.8. The summed E-state index contributed by atoms with van der Waals surface area (Å²) >= 11 is 1.54. The highest BCUT2D eigenvalue weighted by molar-refractivity contribution is 7.99. The molecule has 2 fully saturated rings. The predicted molar refractivity (Wildman–Crippen MR) is 125 cm³/mol. The van der Waals surface area contributed by atoms with Crippen LogP contribution in [0.5, 0.6) is 0 Å². The lowest BCUT2D eigenvalue weighted by Gasteiger charge is -2.48. The van der Waals surface area contributed by atoms with E-state index in [0.717, 1.165) is 54.5 Å². The van der Waals surface area contributed by atoms with Crippen LogP contribution in [0.4, 0.5) is 24.5 Å². The molecule has 3 aliphatic rings. The van der Waals surface area contributed by atoms with E-state index in [0.29, 0.717) is 24.3 Å². The maximum absolute atomic E-state index is 13.4. The van der Waals surface area contributed by atoms with Crippen molar-refractivity contribution in [3.8, 4) is 0 Å². The summed E-state index contributed by atoms with van der Waals surface area (Å²) in [5.74, 6) is 0. The van der Waals surface area contributed by atoms with E-state index in [1.54, 1.807) is 6.07 Å². The number of piperazine rings is 1. The topological polar surface area (TPSA) is 30.0 Å². The highest BCUT2D eigenvalue weighted by atomic mass is 32.2. The van der Waals surface area contributed by atoms with Crippen LogP contribution in [0.15, 0.2) is 52.3 Å². The van der Waals surface area contributed by atoms with E-state index in [9.17, 15) is 18.3 Å². The first-order chi connectivity index (χ1) is 15.9. The fraction of sp³-hybridized carbons (Fsp3) is 0.520. The summed E-state index contributed by atoms with van der Waals surface area (Å²) in [5, 5.41) is 9.68. The first kappa shape index (κ1) is 23.0. The number of hydrogen-bond donors (Lipinski definition) is 1. The Morgan fingerprint density at radius 3 is 2.61 bits per heavy atom. The highest BCUT2D eigenvalue weighted by Crippen LogP contribution is 2.49. The Kier molecular flexibility index (Phi) is 6.62. The van der Waals surface area contributed by atoms with Gasteiger partial charge in [0.15, 0.2) is 0 Å². The van der Waals surface area contributed by atoms with Crippen LogP contribution >= 0.6 is 11.8 Å². The Bertz CT molecular complexity index is 986. The van der Waals surface area contributed by atoms with E-state index in [4.69, 9.17) is 0 Å². The quantitative estimate of drug-likeness (QED) is 0.637. The van der Waals surface area contributed by atoms with Crippen LogP contribution in [0.3, 0.4) is 0 Å². The van der Waals surface area contributed by atoms with Crippen molar-refractivity contribution in [2.45, 2.75) is 53.7 Å². The van der Waals surface area contributed by atoms with Crippen molar-refractivity contribution in [2.24, 2.45) is 0 Å². The van der Waals surface area contributed by atoms with Gasteiger partial charge in [-0.1, -0.05) is 30.3 Å². The first-order valence-electron chi connectivity index (χ1n) is 11.8. The summed E-state index contributed by atoms with van der Waals surface area (Å²) in [6.45, 7) is 4.81. The molecule has 2 atom stereocenters. The number of anilines is 2. The van der Waals surface area contributed by atoms with Gasteiger partial charge in [-0.15, -0.1) is 0 Å². The maximum Gasteiger partial charge on any atom is 0.416 e. The molecule has 0 spiro atoms. The number of aliphatic hydroxyl groups excluding tert-OH is 1. The van der Waals surface area contributed by atoms with Gasteiger partial charge in [-0.3, -0.25) is 4.90 Å². The van der Waals surface area contributed by atoms with Gasteiger partial charge in [-0.2, -0.15) is 13.2 Å². The number of fused-ring (bicyclic) bond motifs is 3. The zero-order chi connectivity index (χ0) is 23.0. The molecule has 33 heavy (non-hydrogen) atoms. The van der Waals surface area contributed by atoms with E-state index < -0.39 is 11.7 Å². The van der Waals surface area contributed by atoms with E-state index in [2.05, 4.69) is 14.7 Å². The molecule has 8 heteroatoms. The molecule has 0 aromatic heterocycles. The van der Waals surface area contributed by atoms with E-state index >= 15 is 0 Å². The van der Waals surface area contributed by atoms with E-state index in [1.807, 2.05) is 24.3 Å². The zero-order valence-corrected chi connectivity index (χ0v) is 19.4. The molecule has 2 unspecified atom stereocenters. The van der Waals surface area contributed by atoms with Gasteiger partial charge in [0.25, 0.3) is 0 Å². The number of aliphatic hydroxyl groups is 1. The number of rotatable bonds is 5. The Labute approximate surface area is 197 Å². The van der Waals surface area contributed by atoms with Gasteiger partial charge in [0.1, 0.15) is 0 Å². The standard InChI is InChI=1S/C25H30F3N3OS/c26-25(27,28)18-9-10-24-22(15-18)31(21-7-1-2-8-23(21)33-24)12-4-11-29-13-14-30-19(16-29)5-3-6-20(30)17-32/h1-2,7-10,15,19-20,32H,3-6,11-14,16-17H2. The Morgan fingerprint density at radius 1 is 0.970 bits per heavy atom. The molecular formula is C25H30F3N3OS. The smallest absolute Gasteiger partial charge is 0.395 e. The third kappa shape index (κ3) is 4.76. The average molecular weight is 478 g/mol. The van der Waals surface area contributed by atoms with Crippen LogP contribution in [0, 0.1) is 0 Å². The number of alkyl halides is 3. The first-order valence-corrected chi connectivity index (χ1v) is 12.6. The molecule has 3 aliphatic heterocycles. The minimum Gasteiger partial charge on any atom is -0.395 e. The van der Waals surface area contributed by atoms with E-state index in [-0.39, 0.29) is 6.61 Å². The monoisotopic (exact) mass is 477 g/mol. The summed E-state index contributed by atoms with van der Waals surface area (Å²) in [5.41, 5.74) is 1.03. The maximum atomic E-state index is 13.4. The molecule has 2 aromatic carbocycles. The molecule has 3 heterocycles. The van der Waals surface area contributed by atoms with Gasteiger partial charge < -0.3 is 14.9 Å². The lowest BCUT2D eigenvalue weighted by atomic mass is 9.93. The lowest BCUT2D eigenvalue weighted by molar-refractivity contribution is -0.137.